The molecule has 0 bridgehead atoms. The van der Waals surface area contributed by atoms with Crippen molar-refractivity contribution in [1.82, 2.24) is 4.90 Å². The molecular formula is C22H25NO6. The molecule has 1 heterocycles. The number of ether oxygens (including phenoxy) is 4. The Labute approximate surface area is 170 Å². The topological polar surface area (TPSA) is 74.3 Å². The zero-order valence-electron chi connectivity index (χ0n) is 16.8. The van der Waals surface area contributed by atoms with Gasteiger partial charge in [0.1, 0.15) is 12.5 Å². The van der Waals surface area contributed by atoms with Gasteiger partial charge in [0.2, 0.25) is 0 Å². The maximum absolute atomic E-state index is 13.3. The summed E-state index contributed by atoms with van der Waals surface area (Å²) in [6.45, 7) is 1.81. The molecule has 7 heteroatoms. The van der Waals surface area contributed by atoms with Crippen molar-refractivity contribution in [2.45, 2.75) is 25.0 Å². The monoisotopic (exact) mass is 399 g/mol. The van der Waals surface area contributed by atoms with Gasteiger partial charge < -0.3 is 18.9 Å². The van der Waals surface area contributed by atoms with Gasteiger partial charge in [0, 0.05) is 13.5 Å². The second kappa shape index (κ2) is 8.96. The lowest BCUT2D eigenvalue weighted by Crippen LogP contribution is -2.57. The van der Waals surface area contributed by atoms with E-state index in [1.165, 1.54) is 12.0 Å². The third-order valence-electron chi connectivity index (χ3n) is 4.98. The molecule has 0 aromatic heterocycles. The Morgan fingerprint density at radius 3 is 2.38 bits per heavy atom. The number of methoxy groups -OCH3 is 2. The molecule has 0 aliphatic carbocycles. The Morgan fingerprint density at radius 2 is 1.79 bits per heavy atom. The van der Waals surface area contributed by atoms with Crippen LogP contribution in [0, 0.1) is 0 Å². The molecule has 1 saturated heterocycles. The summed E-state index contributed by atoms with van der Waals surface area (Å²) in [7, 11) is 3.04. The lowest BCUT2D eigenvalue weighted by molar-refractivity contribution is -0.160. The van der Waals surface area contributed by atoms with E-state index in [9.17, 15) is 9.59 Å². The van der Waals surface area contributed by atoms with Crippen LogP contribution in [0.4, 0.5) is 4.79 Å². The molecule has 3 rings (SSSR count). The first-order valence-corrected chi connectivity index (χ1v) is 9.39. The number of cyclic esters (lactones) is 1. The van der Waals surface area contributed by atoms with Gasteiger partial charge in [-0.15, -0.1) is 0 Å². The molecule has 0 radical (unpaired) electrons. The van der Waals surface area contributed by atoms with Crippen LogP contribution in [0.1, 0.15) is 24.2 Å². The van der Waals surface area contributed by atoms with Gasteiger partial charge in [0.15, 0.2) is 11.6 Å². The SMILES string of the molecule is CCOC(=O)[C@]1(Cc2ccccc2)[C@H](c2ccc(OC)cc2)OC(=O)N1COC. The van der Waals surface area contributed by atoms with Crippen molar-refractivity contribution >= 4 is 12.1 Å². The third kappa shape index (κ3) is 3.91. The van der Waals surface area contributed by atoms with E-state index in [1.807, 2.05) is 30.3 Å². The third-order valence-corrected chi connectivity index (χ3v) is 4.98. The van der Waals surface area contributed by atoms with Crippen LogP contribution >= 0.6 is 0 Å². The number of benzene rings is 2. The molecule has 1 aliphatic rings. The molecular weight excluding hydrogens is 374 g/mol. The Morgan fingerprint density at radius 1 is 1.10 bits per heavy atom. The van der Waals surface area contributed by atoms with Gasteiger partial charge in [-0.25, -0.2) is 9.59 Å². The minimum absolute atomic E-state index is 0.100. The molecule has 0 N–H and O–H groups in total. The average Bonchev–Trinajstić information content (AvgIpc) is 3.02. The van der Waals surface area contributed by atoms with E-state index in [0.717, 1.165) is 5.56 Å². The first kappa shape index (κ1) is 20.7. The van der Waals surface area contributed by atoms with Gasteiger partial charge in [0.25, 0.3) is 0 Å². The summed E-state index contributed by atoms with van der Waals surface area (Å²) >= 11 is 0. The average molecular weight is 399 g/mol. The fraction of sp³-hybridized carbons (Fsp3) is 0.364. The first-order chi connectivity index (χ1) is 14.1. The van der Waals surface area contributed by atoms with Gasteiger partial charge in [-0.1, -0.05) is 42.5 Å². The highest BCUT2D eigenvalue weighted by Gasteiger charge is 2.61. The lowest BCUT2D eigenvalue weighted by Gasteiger charge is -2.36. The van der Waals surface area contributed by atoms with E-state index in [-0.39, 0.29) is 19.8 Å². The van der Waals surface area contributed by atoms with Gasteiger partial charge in [-0.05, 0) is 30.2 Å². The van der Waals surface area contributed by atoms with Crippen molar-refractivity contribution in [3.63, 3.8) is 0 Å². The molecule has 0 saturated carbocycles. The first-order valence-electron chi connectivity index (χ1n) is 9.39. The van der Waals surface area contributed by atoms with Gasteiger partial charge in [0.05, 0.1) is 13.7 Å². The van der Waals surface area contributed by atoms with Gasteiger partial charge in [-0.2, -0.15) is 0 Å². The van der Waals surface area contributed by atoms with Crippen LogP contribution in [0.3, 0.4) is 0 Å². The fourth-order valence-electron chi connectivity index (χ4n) is 3.63. The Bertz CT molecular complexity index is 838. The second-order valence-electron chi connectivity index (χ2n) is 6.69. The molecule has 7 nitrogen and oxygen atoms in total. The molecule has 2 atom stereocenters. The van der Waals surface area contributed by atoms with E-state index < -0.39 is 23.7 Å². The van der Waals surface area contributed by atoms with Crippen LogP contribution in [0.15, 0.2) is 54.6 Å². The summed E-state index contributed by atoms with van der Waals surface area (Å²) in [5.74, 6) is 0.129. The maximum atomic E-state index is 13.3. The molecule has 29 heavy (non-hydrogen) atoms. The predicted molar refractivity (Wildman–Crippen MR) is 105 cm³/mol. The maximum Gasteiger partial charge on any atom is 0.413 e. The summed E-state index contributed by atoms with van der Waals surface area (Å²) in [5, 5.41) is 0. The molecule has 1 aliphatic heterocycles. The summed E-state index contributed by atoms with van der Waals surface area (Å²) in [4.78, 5) is 27.4. The standard InChI is InChI=1S/C22H25NO6/c1-4-28-20(24)22(14-16-8-6-5-7-9-16)19(29-21(25)23(22)15-26-2)17-10-12-18(27-3)13-11-17/h5-13,19H,4,14-15H2,1-3H3/t19-,22-/m0/s1. The highest BCUT2D eigenvalue weighted by Crippen LogP contribution is 2.45. The van der Waals surface area contributed by atoms with Gasteiger partial charge in [-0.3, -0.25) is 4.90 Å². The van der Waals surface area contributed by atoms with E-state index in [4.69, 9.17) is 18.9 Å². The number of rotatable bonds is 8. The van der Waals surface area contributed by atoms with Crippen LogP contribution in [0.25, 0.3) is 0 Å². The molecule has 1 fully saturated rings. The van der Waals surface area contributed by atoms with Crippen molar-refractivity contribution in [3.05, 3.63) is 65.7 Å². The quantitative estimate of drug-likeness (QED) is 0.634. The molecule has 2 aromatic carbocycles. The lowest BCUT2D eigenvalue weighted by atomic mass is 9.81. The Hall–Kier alpha value is -3.06. The predicted octanol–water partition coefficient (Wildman–Crippen LogP) is 3.34. The number of amides is 1. The van der Waals surface area contributed by atoms with Crippen LogP contribution in [-0.2, 0) is 25.4 Å². The number of carbonyl (C=O) groups excluding carboxylic acids is 2. The van der Waals surface area contributed by atoms with Crippen LogP contribution in [0.5, 0.6) is 5.75 Å². The molecule has 154 valence electrons. The zero-order chi connectivity index (χ0) is 20.9. The van der Waals surface area contributed by atoms with Crippen molar-refractivity contribution < 1.29 is 28.5 Å². The van der Waals surface area contributed by atoms with Crippen molar-refractivity contribution in [2.24, 2.45) is 0 Å². The summed E-state index contributed by atoms with van der Waals surface area (Å²) < 4.78 is 21.6. The second-order valence-corrected chi connectivity index (χ2v) is 6.69. The van der Waals surface area contributed by atoms with Crippen LogP contribution in [0.2, 0.25) is 0 Å². The largest absolute Gasteiger partial charge is 0.497 e. The fourth-order valence-corrected chi connectivity index (χ4v) is 3.63. The van der Waals surface area contributed by atoms with Crippen LogP contribution < -0.4 is 4.74 Å². The number of hydrogen-bond acceptors (Lipinski definition) is 6. The van der Waals surface area contributed by atoms with E-state index >= 15 is 0 Å². The summed E-state index contributed by atoms with van der Waals surface area (Å²) in [6, 6.07) is 16.6. The number of carbonyl (C=O) groups is 2. The highest BCUT2D eigenvalue weighted by atomic mass is 16.6. The molecule has 2 aromatic rings. The van der Waals surface area contributed by atoms with E-state index in [2.05, 4.69) is 0 Å². The van der Waals surface area contributed by atoms with E-state index in [1.54, 1.807) is 38.3 Å². The molecule has 0 unspecified atom stereocenters. The van der Waals surface area contributed by atoms with Crippen molar-refractivity contribution in [1.29, 1.82) is 0 Å². The van der Waals surface area contributed by atoms with Crippen molar-refractivity contribution in [2.75, 3.05) is 27.6 Å². The summed E-state index contributed by atoms with van der Waals surface area (Å²) in [5.41, 5.74) is 0.138. The van der Waals surface area contributed by atoms with Gasteiger partial charge >= 0.3 is 12.1 Å². The van der Waals surface area contributed by atoms with Crippen molar-refractivity contribution in [3.8, 4) is 5.75 Å². The smallest absolute Gasteiger partial charge is 0.413 e. The number of nitrogens with zero attached hydrogens (tertiary/aromatic N) is 1. The number of hydrogen-bond donors (Lipinski definition) is 0. The Kier molecular flexibility index (Phi) is 6.39. The number of esters is 1. The normalized spacial score (nSPS) is 21.0. The zero-order valence-corrected chi connectivity index (χ0v) is 16.8. The Balaban J connectivity index is 2.14. The minimum Gasteiger partial charge on any atom is -0.497 e. The summed E-state index contributed by atoms with van der Waals surface area (Å²) in [6.07, 6.45) is -1.27. The highest BCUT2D eigenvalue weighted by molar-refractivity contribution is 5.90. The van der Waals surface area contributed by atoms with E-state index in [0.29, 0.717) is 11.3 Å². The molecule has 1 amide bonds. The van der Waals surface area contributed by atoms with Crippen LogP contribution in [-0.4, -0.2) is 50.1 Å². The molecule has 0 spiro atoms. The minimum atomic E-state index is -1.40.